The van der Waals surface area contributed by atoms with Crippen molar-refractivity contribution >= 4 is 10.0 Å². The van der Waals surface area contributed by atoms with Crippen molar-refractivity contribution in [1.29, 1.82) is 0 Å². The molecule has 1 saturated heterocycles. The van der Waals surface area contributed by atoms with Crippen LogP contribution in [-0.2, 0) is 10.0 Å². The molecule has 0 aliphatic carbocycles. The van der Waals surface area contributed by atoms with Crippen molar-refractivity contribution in [2.24, 2.45) is 0 Å². The Hall–Kier alpha value is -0.850. The van der Waals surface area contributed by atoms with Crippen LogP contribution in [0.4, 0.5) is 0 Å². The molecule has 1 aromatic heterocycles. The minimum Gasteiger partial charge on any atom is -0.348 e. The normalized spacial score (nSPS) is 19.2. The second-order valence-electron chi connectivity index (χ2n) is 5.59. The smallest absolute Gasteiger partial charge is 0.258 e. The van der Waals surface area contributed by atoms with E-state index in [4.69, 9.17) is 0 Å². The zero-order chi connectivity index (χ0) is 14.2. The Labute approximate surface area is 115 Å². The Balaban J connectivity index is 2.27. The number of nitrogens with zero attached hydrogens (tertiary/aromatic N) is 2. The highest BCUT2D eigenvalue weighted by molar-refractivity contribution is 7.89. The standard InChI is InChI=1S/C13H23N3O2S/c1-10(2)13-11(3)9-12(14-13)19(17,18)16-7-5-15(4)6-8-16/h9-10,14H,5-8H2,1-4H3. The molecule has 0 aromatic carbocycles. The molecule has 2 heterocycles. The molecule has 0 atom stereocenters. The molecule has 1 aliphatic rings. The van der Waals surface area contributed by atoms with Gasteiger partial charge >= 0.3 is 0 Å². The number of aromatic amines is 1. The van der Waals surface area contributed by atoms with Crippen LogP contribution in [0.15, 0.2) is 11.1 Å². The number of hydrogen-bond acceptors (Lipinski definition) is 3. The molecule has 0 unspecified atom stereocenters. The van der Waals surface area contributed by atoms with Gasteiger partial charge in [-0.25, -0.2) is 8.42 Å². The van der Waals surface area contributed by atoms with Gasteiger partial charge in [0.05, 0.1) is 0 Å². The van der Waals surface area contributed by atoms with Crippen LogP contribution in [0.2, 0.25) is 0 Å². The Kier molecular flexibility index (Phi) is 4.03. The molecular weight excluding hydrogens is 262 g/mol. The zero-order valence-electron chi connectivity index (χ0n) is 12.1. The van der Waals surface area contributed by atoms with Gasteiger partial charge in [-0.1, -0.05) is 13.8 Å². The van der Waals surface area contributed by atoms with Crippen LogP contribution in [0.3, 0.4) is 0 Å². The van der Waals surface area contributed by atoms with E-state index in [-0.39, 0.29) is 0 Å². The first-order chi connectivity index (χ1) is 8.82. The maximum atomic E-state index is 12.6. The monoisotopic (exact) mass is 285 g/mol. The van der Waals surface area contributed by atoms with E-state index in [2.05, 4.69) is 23.7 Å². The number of nitrogens with one attached hydrogen (secondary N) is 1. The van der Waals surface area contributed by atoms with Gasteiger partial charge in [0.25, 0.3) is 10.0 Å². The molecule has 1 aromatic rings. The lowest BCUT2D eigenvalue weighted by molar-refractivity contribution is 0.222. The van der Waals surface area contributed by atoms with Crippen molar-refractivity contribution in [3.8, 4) is 0 Å². The molecule has 5 nitrogen and oxygen atoms in total. The predicted molar refractivity (Wildman–Crippen MR) is 75.9 cm³/mol. The van der Waals surface area contributed by atoms with Gasteiger partial charge in [0.1, 0.15) is 5.03 Å². The molecule has 108 valence electrons. The minimum absolute atomic E-state index is 0.302. The van der Waals surface area contributed by atoms with Gasteiger partial charge < -0.3 is 9.88 Å². The van der Waals surface area contributed by atoms with E-state index < -0.39 is 10.0 Å². The van der Waals surface area contributed by atoms with Gasteiger partial charge in [-0.15, -0.1) is 0 Å². The summed E-state index contributed by atoms with van der Waals surface area (Å²) < 4.78 is 26.7. The van der Waals surface area contributed by atoms with Gasteiger partial charge in [0.2, 0.25) is 0 Å². The summed E-state index contributed by atoms with van der Waals surface area (Å²) in [7, 11) is -1.36. The van der Waals surface area contributed by atoms with E-state index in [0.717, 1.165) is 24.3 Å². The average molecular weight is 285 g/mol. The first-order valence-electron chi connectivity index (χ1n) is 6.70. The van der Waals surface area contributed by atoms with Crippen molar-refractivity contribution in [2.45, 2.75) is 31.7 Å². The number of aromatic nitrogens is 1. The van der Waals surface area contributed by atoms with Gasteiger partial charge in [-0.05, 0) is 31.5 Å². The number of likely N-dealkylation sites (N-methyl/N-ethyl adjacent to an activating group) is 1. The molecule has 2 rings (SSSR count). The Morgan fingerprint density at radius 2 is 1.79 bits per heavy atom. The number of sulfonamides is 1. The lowest BCUT2D eigenvalue weighted by Crippen LogP contribution is -2.47. The molecule has 19 heavy (non-hydrogen) atoms. The molecule has 0 saturated carbocycles. The molecule has 1 aliphatic heterocycles. The summed E-state index contributed by atoms with van der Waals surface area (Å²) in [6.45, 7) is 8.78. The third-order valence-corrected chi connectivity index (χ3v) is 5.51. The summed E-state index contributed by atoms with van der Waals surface area (Å²) >= 11 is 0. The topological polar surface area (TPSA) is 56.4 Å². The first-order valence-corrected chi connectivity index (χ1v) is 8.14. The van der Waals surface area contributed by atoms with Crippen molar-refractivity contribution < 1.29 is 8.42 Å². The second-order valence-corrected chi connectivity index (χ2v) is 7.50. The molecule has 1 fully saturated rings. The fourth-order valence-electron chi connectivity index (χ4n) is 2.45. The van der Waals surface area contributed by atoms with Crippen molar-refractivity contribution in [3.05, 3.63) is 17.3 Å². The largest absolute Gasteiger partial charge is 0.348 e. The number of piperazine rings is 1. The maximum Gasteiger partial charge on any atom is 0.258 e. The summed E-state index contributed by atoms with van der Waals surface area (Å²) in [4.78, 5) is 5.23. The highest BCUT2D eigenvalue weighted by Crippen LogP contribution is 2.24. The van der Waals surface area contributed by atoms with Crippen LogP contribution >= 0.6 is 0 Å². The number of aryl methyl sites for hydroxylation is 1. The fraction of sp³-hybridized carbons (Fsp3) is 0.692. The Bertz CT molecular complexity index is 540. The van der Waals surface area contributed by atoms with Crippen LogP contribution in [0.1, 0.15) is 31.0 Å². The van der Waals surface area contributed by atoms with E-state index in [1.807, 2.05) is 14.0 Å². The van der Waals surface area contributed by atoms with Crippen LogP contribution in [0.25, 0.3) is 0 Å². The summed E-state index contributed by atoms with van der Waals surface area (Å²) in [6.07, 6.45) is 0. The van der Waals surface area contributed by atoms with E-state index in [1.54, 1.807) is 10.4 Å². The quantitative estimate of drug-likeness (QED) is 0.913. The molecule has 0 radical (unpaired) electrons. The number of rotatable bonds is 3. The fourth-order valence-corrected chi connectivity index (χ4v) is 3.93. The summed E-state index contributed by atoms with van der Waals surface area (Å²) in [5.41, 5.74) is 2.02. The van der Waals surface area contributed by atoms with Gasteiger partial charge in [-0.2, -0.15) is 4.31 Å². The minimum atomic E-state index is -3.37. The zero-order valence-corrected chi connectivity index (χ0v) is 12.9. The lowest BCUT2D eigenvalue weighted by Gasteiger charge is -2.31. The summed E-state index contributed by atoms with van der Waals surface area (Å²) in [6, 6.07) is 1.75. The Morgan fingerprint density at radius 3 is 2.26 bits per heavy atom. The van der Waals surface area contributed by atoms with E-state index in [9.17, 15) is 8.42 Å². The molecule has 6 heteroatoms. The van der Waals surface area contributed by atoms with E-state index in [0.29, 0.717) is 24.0 Å². The van der Waals surface area contributed by atoms with Crippen LogP contribution in [0.5, 0.6) is 0 Å². The average Bonchev–Trinajstić information content (AvgIpc) is 2.72. The highest BCUT2D eigenvalue weighted by atomic mass is 32.2. The van der Waals surface area contributed by atoms with Gasteiger partial charge in [0, 0.05) is 31.9 Å². The van der Waals surface area contributed by atoms with E-state index >= 15 is 0 Å². The summed E-state index contributed by atoms with van der Waals surface area (Å²) in [5.74, 6) is 0.302. The lowest BCUT2D eigenvalue weighted by atomic mass is 10.1. The molecule has 0 bridgehead atoms. The molecule has 0 amide bonds. The van der Waals surface area contributed by atoms with Crippen molar-refractivity contribution in [2.75, 3.05) is 33.2 Å². The predicted octanol–water partition coefficient (Wildman–Crippen LogP) is 1.38. The number of H-pyrrole nitrogens is 1. The maximum absolute atomic E-state index is 12.6. The third-order valence-electron chi connectivity index (χ3n) is 3.69. The molecule has 1 N–H and O–H groups in total. The van der Waals surface area contributed by atoms with Crippen molar-refractivity contribution in [3.63, 3.8) is 0 Å². The second kappa shape index (κ2) is 5.26. The van der Waals surface area contributed by atoms with Crippen molar-refractivity contribution in [1.82, 2.24) is 14.2 Å². The van der Waals surface area contributed by atoms with Crippen LogP contribution in [0, 0.1) is 6.92 Å². The Morgan fingerprint density at radius 1 is 1.21 bits per heavy atom. The van der Waals surface area contributed by atoms with Gasteiger partial charge in [0.15, 0.2) is 0 Å². The van der Waals surface area contributed by atoms with Gasteiger partial charge in [-0.3, -0.25) is 0 Å². The molecule has 0 spiro atoms. The molecular formula is C13H23N3O2S. The van der Waals surface area contributed by atoms with E-state index in [1.165, 1.54) is 0 Å². The highest BCUT2D eigenvalue weighted by Gasteiger charge is 2.29. The first kappa shape index (κ1) is 14.6. The SMILES string of the molecule is Cc1cc(S(=O)(=O)N2CCN(C)CC2)[nH]c1C(C)C. The third kappa shape index (κ3) is 2.85. The van der Waals surface area contributed by atoms with Crippen LogP contribution < -0.4 is 0 Å². The summed E-state index contributed by atoms with van der Waals surface area (Å²) in [5, 5.41) is 0.332. The van der Waals surface area contributed by atoms with Crippen LogP contribution in [-0.4, -0.2) is 55.8 Å². The number of hydrogen-bond donors (Lipinski definition) is 1.